The zero-order valence-corrected chi connectivity index (χ0v) is 40.2. The fraction of sp³-hybridized carbons (Fsp3) is 0.800. The van der Waals surface area contributed by atoms with Crippen molar-refractivity contribution in [1.29, 1.82) is 0 Å². The quantitative estimate of drug-likeness (QED) is 0.155. The van der Waals surface area contributed by atoms with Crippen molar-refractivity contribution in [2.75, 3.05) is 0 Å². The number of hydrogen-bond acceptors (Lipinski definition) is 3. The maximum absolute atomic E-state index is 7.18. The summed E-state index contributed by atoms with van der Waals surface area (Å²) in [5, 5.41) is 0.543. The molecule has 3 rings (SSSR count). The molecule has 3 aliphatic carbocycles. The Morgan fingerprint density at radius 1 is 0.804 bits per heavy atom. The molecule has 4 unspecified atom stereocenters. The average molecular weight is 755 g/mol. The van der Waals surface area contributed by atoms with Gasteiger partial charge < -0.3 is 13.3 Å². The topological polar surface area (TPSA) is 27.7 Å². The van der Waals surface area contributed by atoms with Gasteiger partial charge in [0.25, 0.3) is 0 Å². The van der Waals surface area contributed by atoms with Crippen LogP contribution in [0.5, 0.6) is 0 Å². The Morgan fingerprint density at radius 2 is 1.35 bits per heavy atom. The highest BCUT2D eigenvalue weighted by Crippen LogP contribution is 2.58. The highest BCUT2D eigenvalue weighted by Gasteiger charge is 2.50. The van der Waals surface area contributed by atoms with Crippen LogP contribution < -0.4 is 0 Å². The second-order valence-electron chi connectivity index (χ2n) is 22.1. The summed E-state index contributed by atoms with van der Waals surface area (Å²) < 4.78 is 21.1. The third-order valence-electron chi connectivity index (χ3n) is 14.5. The first-order chi connectivity index (χ1) is 22.8. The monoisotopic (exact) mass is 755 g/mol. The van der Waals surface area contributed by atoms with Gasteiger partial charge >= 0.3 is 0 Å². The molecule has 51 heavy (non-hydrogen) atoms. The van der Waals surface area contributed by atoms with Crippen LogP contribution in [0.4, 0.5) is 0 Å². The van der Waals surface area contributed by atoms with Crippen molar-refractivity contribution in [3.05, 3.63) is 52.8 Å². The van der Waals surface area contributed by atoms with Gasteiger partial charge in [-0.2, -0.15) is 0 Å². The van der Waals surface area contributed by atoms with E-state index in [1.54, 1.807) is 5.57 Å². The number of fused-ring (bicyclic) bond motifs is 1. The zero-order chi connectivity index (χ0) is 39.2. The van der Waals surface area contributed by atoms with Crippen molar-refractivity contribution in [3.8, 4) is 0 Å². The summed E-state index contributed by atoms with van der Waals surface area (Å²) in [7, 11) is -5.75. The van der Waals surface area contributed by atoms with Gasteiger partial charge in [0.15, 0.2) is 25.0 Å². The van der Waals surface area contributed by atoms with Crippen molar-refractivity contribution in [3.63, 3.8) is 0 Å². The van der Waals surface area contributed by atoms with Crippen molar-refractivity contribution in [1.82, 2.24) is 0 Å². The van der Waals surface area contributed by atoms with E-state index < -0.39 is 25.0 Å². The molecule has 0 heterocycles. The van der Waals surface area contributed by atoms with Crippen LogP contribution in [0.15, 0.2) is 52.8 Å². The second-order valence-corrected chi connectivity index (χ2v) is 36.4. The van der Waals surface area contributed by atoms with Crippen molar-refractivity contribution in [2.45, 2.75) is 208 Å². The molecule has 0 amide bonds. The normalized spacial score (nSPS) is 28.0. The van der Waals surface area contributed by atoms with Crippen LogP contribution >= 0.6 is 0 Å². The van der Waals surface area contributed by atoms with Crippen LogP contribution in [0.25, 0.3) is 0 Å². The Balaban J connectivity index is 1.85. The standard InChI is InChI=1S/C45H82O3Si3/c1-33(23-21-29-44(12,13)48-51(19,20)43(9,10)11)38-27-28-39-35(24-22-30-45(38,39)14)25-26-36-31-37(46-49(15,16)41(3,4)5)32-40(34(36)2)47-50(17,18)42(6,7)8/h23-26,29,33,37-40H,22,27-28,30-32H2,1-20H3/b26-25-/t21?,33?,37?,38-,39?,40?,45-/m1/s1. The van der Waals surface area contributed by atoms with Crippen LogP contribution in [0.3, 0.4) is 0 Å². The average Bonchev–Trinajstić information content (AvgIpc) is 3.28. The van der Waals surface area contributed by atoms with Gasteiger partial charge in [-0.3, -0.25) is 0 Å². The molecule has 6 atom stereocenters. The summed E-state index contributed by atoms with van der Waals surface area (Å²) in [6, 6.07) is 0. The molecule has 0 aromatic heterocycles. The van der Waals surface area contributed by atoms with Crippen molar-refractivity contribution < 1.29 is 13.3 Å². The van der Waals surface area contributed by atoms with E-state index in [9.17, 15) is 0 Å². The van der Waals surface area contributed by atoms with Crippen LogP contribution in [0.2, 0.25) is 54.4 Å². The number of allylic oxidation sites excluding steroid dienone is 4. The Labute approximate surface area is 320 Å². The Hall–Kier alpha value is -0.729. The molecule has 3 aliphatic rings. The minimum atomic E-state index is -1.96. The fourth-order valence-electron chi connectivity index (χ4n) is 8.13. The van der Waals surface area contributed by atoms with Gasteiger partial charge in [0.1, 0.15) is 0 Å². The molecular weight excluding hydrogens is 673 g/mol. The lowest BCUT2D eigenvalue weighted by Gasteiger charge is -2.45. The number of rotatable bonds is 11. The van der Waals surface area contributed by atoms with Gasteiger partial charge in [0.05, 0.1) is 17.8 Å². The van der Waals surface area contributed by atoms with E-state index in [4.69, 9.17) is 13.3 Å². The predicted molar refractivity (Wildman–Crippen MR) is 231 cm³/mol. The second kappa shape index (κ2) is 15.4. The van der Waals surface area contributed by atoms with E-state index in [2.05, 4.69) is 172 Å². The molecule has 1 fully saturated rings. The Bertz CT molecular complexity index is 1380. The van der Waals surface area contributed by atoms with E-state index in [0.29, 0.717) is 23.2 Å². The van der Waals surface area contributed by atoms with Crippen molar-refractivity contribution >= 4 is 25.0 Å². The molecule has 6 heteroatoms. The molecular formula is C45H82O3Si3. The maximum atomic E-state index is 7.18. The largest absolute Gasteiger partial charge is 0.413 e. The molecule has 0 radical (unpaired) electrons. The first-order valence-electron chi connectivity index (χ1n) is 20.4. The van der Waals surface area contributed by atoms with Crippen LogP contribution in [0.1, 0.15) is 135 Å². The third kappa shape index (κ3) is 10.5. The molecule has 0 aromatic carbocycles. The van der Waals surface area contributed by atoms with Crippen LogP contribution in [-0.4, -0.2) is 42.8 Å². The third-order valence-corrected chi connectivity index (χ3v) is 28.2. The lowest BCUT2D eigenvalue weighted by molar-refractivity contribution is 0.0985. The molecule has 0 bridgehead atoms. The molecule has 0 saturated heterocycles. The molecule has 292 valence electrons. The summed E-state index contributed by atoms with van der Waals surface area (Å²) in [4.78, 5) is 0. The van der Waals surface area contributed by atoms with E-state index in [-0.39, 0.29) is 32.9 Å². The van der Waals surface area contributed by atoms with Gasteiger partial charge in [0.2, 0.25) is 0 Å². The van der Waals surface area contributed by atoms with E-state index in [0.717, 1.165) is 19.3 Å². The lowest BCUT2D eigenvalue weighted by Crippen LogP contribution is -2.49. The molecule has 1 saturated carbocycles. The van der Waals surface area contributed by atoms with E-state index in [1.807, 2.05) is 0 Å². The Morgan fingerprint density at radius 3 is 1.90 bits per heavy atom. The zero-order valence-electron chi connectivity index (χ0n) is 37.2. The molecule has 0 aliphatic heterocycles. The SMILES string of the molecule is CC1=C(/C=C\C2=CCC[C@@]3(C)C2CC[C@@H]3C(C)C=C=CC(C)(C)O[Si](C)(C)C(C)(C)C)CC(O[Si](C)(C)C(C)(C)C)CC1O[Si](C)(C)C(C)(C)C. The smallest absolute Gasteiger partial charge is 0.193 e. The molecule has 0 spiro atoms. The number of hydrogen-bond donors (Lipinski definition) is 0. The summed E-state index contributed by atoms with van der Waals surface area (Å²) >= 11 is 0. The fourth-order valence-corrected chi connectivity index (χ4v) is 12.5. The van der Waals surface area contributed by atoms with Crippen LogP contribution in [0, 0.1) is 23.2 Å². The summed E-state index contributed by atoms with van der Waals surface area (Å²) in [5.41, 5.74) is 8.01. The first-order valence-corrected chi connectivity index (χ1v) is 29.1. The summed E-state index contributed by atoms with van der Waals surface area (Å²) in [5.74, 6) is 1.74. The minimum Gasteiger partial charge on any atom is -0.413 e. The van der Waals surface area contributed by atoms with Gasteiger partial charge in [0, 0.05) is 6.42 Å². The first kappa shape index (κ1) is 44.7. The van der Waals surface area contributed by atoms with Gasteiger partial charge in [-0.25, -0.2) is 0 Å². The van der Waals surface area contributed by atoms with Gasteiger partial charge in [-0.15, -0.1) is 5.73 Å². The molecule has 0 N–H and O–H groups in total. The van der Waals surface area contributed by atoms with Gasteiger partial charge in [-0.1, -0.05) is 94.4 Å². The van der Waals surface area contributed by atoms with Crippen molar-refractivity contribution in [2.24, 2.45) is 23.2 Å². The molecule has 0 aromatic rings. The maximum Gasteiger partial charge on any atom is 0.193 e. The van der Waals surface area contributed by atoms with Crippen LogP contribution in [-0.2, 0) is 13.3 Å². The lowest BCUT2D eigenvalue weighted by atomic mass is 9.62. The Kier molecular flexibility index (Phi) is 13.5. The summed E-state index contributed by atoms with van der Waals surface area (Å²) in [6.07, 6.45) is 19.3. The highest BCUT2D eigenvalue weighted by molar-refractivity contribution is 6.75. The van der Waals surface area contributed by atoms with Gasteiger partial charge in [-0.05, 0) is 159 Å². The summed E-state index contributed by atoms with van der Waals surface area (Å²) in [6.45, 7) is 47.1. The predicted octanol–water partition coefficient (Wildman–Crippen LogP) is 14.3. The van der Waals surface area contributed by atoms with E-state index in [1.165, 1.54) is 30.4 Å². The molecule has 3 nitrogen and oxygen atoms in total. The van der Waals surface area contributed by atoms with E-state index >= 15 is 0 Å². The highest BCUT2D eigenvalue weighted by atomic mass is 28.4. The minimum absolute atomic E-state index is 0.119.